The molecule has 0 radical (unpaired) electrons. The molecule has 1 atom stereocenters. The summed E-state index contributed by atoms with van der Waals surface area (Å²) in [6.45, 7) is 0. The van der Waals surface area contributed by atoms with E-state index in [0.29, 0.717) is 33.2 Å². The van der Waals surface area contributed by atoms with Crippen LogP contribution >= 0.6 is 34.5 Å². The SMILES string of the molecule is COc1ncc(-c2ccc(Cl)cc2-c2csc(N(C)C(=O)C(CC(=O)O)Cc3ccccc3)n2)cc1Cl. The first-order valence-electron chi connectivity index (χ1n) is 11.3. The Balaban J connectivity index is 1.64. The molecule has 0 saturated heterocycles. The van der Waals surface area contributed by atoms with Crippen LogP contribution < -0.4 is 9.64 Å². The third-order valence-electron chi connectivity index (χ3n) is 5.77. The Morgan fingerprint density at radius 3 is 2.54 bits per heavy atom. The number of carboxylic acid groups (broad SMARTS) is 1. The van der Waals surface area contributed by atoms with E-state index in [1.807, 2.05) is 41.8 Å². The summed E-state index contributed by atoms with van der Waals surface area (Å²) in [5.41, 5.74) is 3.80. The average molecular weight is 556 g/mol. The van der Waals surface area contributed by atoms with Gasteiger partial charge >= 0.3 is 5.97 Å². The van der Waals surface area contributed by atoms with E-state index in [2.05, 4.69) is 4.98 Å². The Hall–Kier alpha value is -3.46. The number of halogens is 2. The molecule has 0 aliphatic carbocycles. The zero-order valence-electron chi connectivity index (χ0n) is 20.0. The van der Waals surface area contributed by atoms with Crippen LogP contribution in [0, 0.1) is 5.92 Å². The van der Waals surface area contributed by atoms with Gasteiger partial charge in [0.25, 0.3) is 0 Å². The van der Waals surface area contributed by atoms with Crippen molar-refractivity contribution in [3.05, 3.63) is 81.8 Å². The molecule has 1 unspecified atom stereocenters. The van der Waals surface area contributed by atoms with E-state index in [1.54, 1.807) is 31.4 Å². The van der Waals surface area contributed by atoms with Crippen molar-refractivity contribution < 1.29 is 19.4 Å². The fraction of sp³-hybridized carbons (Fsp3) is 0.185. The van der Waals surface area contributed by atoms with Crippen molar-refractivity contribution in [2.24, 2.45) is 5.92 Å². The van der Waals surface area contributed by atoms with E-state index >= 15 is 0 Å². The number of hydrogen-bond acceptors (Lipinski definition) is 6. The minimum absolute atomic E-state index is 0.278. The van der Waals surface area contributed by atoms with Crippen LogP contribution in [-0.2, 0) is 16.0 Å². The average Bonchev–Trinajstić information content (AvgIpc) is 3.38. The molecule has 2 aromatic heterocycles. The summed E-state index contributed by atoms with van der Waals surface area (Å²) in [5, 5.41) is 12.6. The maximum atomic E-state index is 13.3. The summed E-state index contributed by atoms with van der Waals surface area (Å²) in [7, 11) is 3.11. The molecule has 1 amide bonds. The predicted octanol–water partition coefficient (Wildman–Crippen LogP) is 6.48. The third kappa shape index (κ3) is 6.28. The van der Waals surface area contributed by atoms with Gasteiger partial charge in [0.2, 0.25) is 11.8 Å². The Morgan fingerprint density at radius 1 is 1.11 bits per heavy atom. The van der Waals surface area contributed by atoms with Crippen LogP contribution in [0.15, 0.2) is 66.2 Å². The highest BCUT2D eigenvalue weighted by atomic mass is 35.5. The van der Waals surface area contributed by atoms with Crippen molar-refractivity contribution in [1.29, 1.82) is 0 Å². The summed E-state index contributed by atoms with van der Waals surface area (Å²) in [6, 6.07) is 16.5. The Bertz CT molecular complexity index is 1430. The second-order valence-corrected chi connectivity index (χ2v) is 9.98. The number of carbonyl (C=O) groups excluding carboxylic acids is 1. The summed E-state index contributed by atoms with van der Waals surface area (Å²) in [6.07, 6.45) is 1.69. The lowest BCUT2D eigenvalue weighted by Crippen LogP contribution is -2.35. The van der Waals surface area contributed by atoms with Gasteiger partial charge in [-0.3, -0.25) is 14.5 Å². The topological polar surface area (TPSA) is 92.6 Å². The summed E-state index contributed by atoms with van der Waals surface area (Å²) in [4.78, 5) is 35.2. The molecular formula is C27H23Cl2N3O4S. The van der Waals surface area contributed by atoms with E-state index in [0.717, 1.165) is 22.3 Å². The number of anilines is 1. The molecule has 0 aliphatic rings. The van der Waals surface area contributed by atoms with Gasteiger partial charge in [0, 0.05) is 34.8 Å². The van der Waals surface area contributed by atoms with Gasteiger partial charge in [0.1, 0.15) is 5.02 Å². The zero-order chi connectivity index (χ0) is 26.5. The monoisotopic (exact) mass is 555 g/mol. The zero-order valence-corrected chi connectivity index (χ0v) is 22.3. The molecule has 7 nitrogen and oxygen atoms in total. The number of aliphatic carboxylic acids is 1. The standard InChI is InChI=1S/C27H23Cl2N3O4S/c1-32(26(35)17(12-24(33)34)10-16-6-4-3-5-7-16)27-31-23(15-37-27)21-13-19(28)8-9-20(21)18-11-22(29)25(36-2)30-14-18/h3-9,11,13-15,17H,10,12H2,1-2H3,(H,33,34). The lowest BCUT2D eigenvalue weighted by molar-refractivity contribution is -0.140. The minimum Gasteiger partial charge on any atom is -0.481 e. The molecule has 0 spiro atoms. The molecule has 0 saturated carbocycles. The Kier molecular flexibility index (Phi) is 8.43. The van der Waals surface area contributed by atoms with Gasteiger partial charge in [-0.1, -0.05) is 59.6 Å². The molecule has 4 aromatic rings. The third-order valence-corrected chi connectivity index (χ3v) is 7.20. The number of benzene rings is 2. The highest BCUT2D eigenvalue weighted by Crippen LogP contribution is 2.38. The number of nitrogens with zero attached hydrogens (tertiary/aromatic N) is 3. The van der Waals surface area contributed by atoms with Crippen molar-refractivity contribution >= 4 is 51.5 Å². The van der Waals surface area contributed by atoms with Crippen molar-refractivity contribution in [3.63, 3.8) is 0 Å². The van der Waals surface area contributed by atoms with Crippen LogP contribution in [0.25, 0.3) is 22.4 Å². The largest absolute Gasteiger partial charge is 0.481 e. The molecule has 190 valence electrons. The van der Waals surface area contributed by atoms with E-state index in [4.69, 9.17) is 32.9 Å². The Labute approximate surface area is 228 Å². The van der Waals surface area contributed by atoms with Crippen molar-refractivity contribution in [3.8, 4) is 28.3 Å². The molecule has 1 N–H and O–H groups in total. The fourth-order valence-corrected chi connectivity index (χ4v) is 5.18. The van der Waals surface area contributed by atoms with Crippen LogP contribution in [0.4, 0.5) is 5.13 Å². The van der Waals surface area contributed by atoms with Gasteiger partial charge < -0.3 is 9.84 Å². The van der Waals surface area contributed by atoms with Gasteiger partial charge in [-0.15, -0.1) is 11.3 Å². The smallest absolute Gasteiger partial charge is 0.304 e. The van der Waals surface area contributed by atoms with Gasteiger partial charge in [0.05, 0.1) is 25.1 Å². The van der Waals surface area contributed by atoms with Crippen LogP contribution in [-0.4, -0.2) is 41.1 Å². The number of carbonyl (C=O) groups is 2. The van der Waals surface area contributed by atoms with E-state index in [1.165, 1.54) is 23.3 Å². The van der Waals surface area contributed by atoms with Gasteiger partial charge in [-0.05, 0) is 35.7 Å². The second kappa shape index (κ2) is 11.7. The first kappa shape index (κ1) is 26.6. The van der Waals surface area contributed by atoms with E-state index in [-0.39, 0.29) is 12.3 Å². The highest BCUT2D eigenvalue weighted by Gasteiger charge is 2.27. The number of amides is 1. The second-order valence-electron chi connectivity index (χ2n) is 8.30. The van der Waals surface area contributed by atoms with Crippen LogP contribution in [0.2, 0.25) is 10.0 Å². The predicted molar refractivity (Wildman–Crippen MR) is 147 cm³/mol. The molecular weight excluding hydrogens is 533 g/mol. The number of aromatic nitrogens is 2. The van der Waals surface area contributed by atoms with Crippen LogP contribution in [0.5, 0.6) is 5.88 Å². The number of methoxy groups -OCH3 is 1. The van der Waals surface area contributed by atoms with Crippen LogP contribution in [0.3, 0.4) is 0 Å². The number of pyridine rings is 1. The number of hydrogen-bond donors (Lipinski definition) is 1. The Morgan fingerprint density at radius 2 is 1.86 bits per heavy atom. The number of thiazole rings is 1. The molecule has 0 fully saturated rings. The summed E-state index contributed by atoms with van der Waals surface area (Å²) < 4.78 is 5.15. The molecule has 4 rings (SSSR count). The molecule has 10 heteroatoms. The van der Waals surface area contributed by atoms with Gasteiger partial charge in [0.15, 0.2) is 5.13 Å². The number of carboxylic acids is 1. The van der Waals surface area contributed by atoms with Crippen molar-refractivity contribution in [1.82, 2.24) is 9.97 Å². The quantitative estimate of drug-likeness (QED) is 0.254. The van der Waals surface area contributed by atoms with Gasteiger partial charge in [-0.2, -0.15) is 0 Å². The fourth-order valence-electron chi connectivity index (χ4n) is 3.97. The maximum absolute atomic E-state index is 13.3. The molecule has 37 heavy (non-hydrogen) atoms. The number of rotatable bonds is 9. The number of ether oxygens (including phenoxy) is 1. The van der Waals surface area contributed by atoms with E-state index < -0.39 is 11.9 Å². The van der Waals surface area contributed by atoms with Crippen molar-refractivity contribution in [2.75, 3.05) is 19.1 Å². The normalized spacial score (nSPS) is 11.7. The minimum atomic E-state index is -1.03. The first-order valence-corrected chi connectivity index (χ1v) is 12.9. The first-order chi connectivity index (χ1) is 17.8. The summed E-state index contributed by atoms with van der Waals surface area (Å²) >= 11 is 13.9. The maximum Gasteiger partial charge on any atom is 0.304 e. The lowest BCUT2D eigenvalue weighted by atomic mass is 9.95. The summed E-state index contributed by atoms with van der Waals surface area (Å²) in [5.74, 6) is -1.75. The van der Waals surface area contributed by atoms with Gasteiger partial charge in [-0.25, -0.2) is 9.97 Å². The van der Waals surface area contributed by atoms with E-state index in [9.17, 15) is 14.7 Å². The highest BCUT2D eigenvalue weighted by molar-refractivity contribution is 7.14. The molecule has 0 aliphatic heterocycles. The molecule has 2 aromatic carbocycles. The molecule has 2 heterocycles. The van der Waals surface area contributed by atoms with Crippen LogP contribution in [0.1, 0.15) is 12.0 Å². The lowest BCUT2D eigenvalue weighted by Gasteiger charge is -2.21. The molecule has 0 bridgehead atoms. The van der Waals surface area contributed by atoms with Crippen molar-refractivity contribution in [2.45, 2.75) is 12.8 Å².